The predicted octanol–water partition coefficient (Wildman–Crippen LogP) is 5.03. The van der Waals surface area contributed by atoms with Gasteiger partial charge in [-0.3, -0.25) is 0 Å². The van der Waals surface area contributed by atoms with Crippen LogP contribution in [0.25, 0.3) is 0 Å². The third-order valence-corrected chi connectivity index (χ3v) is 5.18. The SMILES string of the molecule is COc1cccc(C(F)(F)F)c1SC1(C#N)CCCCC1. The van der Waals surface area contributed by atoms with E-state index in [1.807, 2.05) is 0 Å². The van der Waals surface area contributed by atoms with Gasteiger partial charge in [0.1, 0.15) is 10.5 Å². The zero-order chi connectivity index (χ0) is 15.5. The summed E-state index contributed by atoms with van der Waals surface area (Å²) >= 11 is 1.01. The second-order valence-corrected chi connectivity index (χ2v) is 6.50. The number of halogens is 3. The lowest BCUT2D eigenvalue weighted by molar-refractivity contribution is -0.139. The van der Waals surface area contributed by atoms with Gasteiger partial charge in [0.15, 0.2) is 0 Å². The summed E-state index contributed by atoms with van der Waals surface area (Å²) in [6.07, 6.45) is -0.453. The Hall–Kier alpha value is -1.35. The van der Waals surface area contributed by atoms with E-state index in [2.05, 4.69) is 6.07 Å². The van der Waals surface area contributed by atoms with Crippen molar-refractivity contribution >= 4 is 11.8 Å². The van der Waals surface area contributed by atoms with Gasteiger partial charge >= 0.3 is 6.18 Å². The molecule has 1 fully saturated rings. The molecule has 0 spiro atoms. The van der Waals surface area contributed by atoms with Crippen molar-refractivity contribution in [1.82, 2.24) is 0 Å². The summed E-state index contributed by atoms with van der Waals surface area (Å²) in [5.74, 6) is 0.176. The van der Waals surface area contributed by atoms with Gasteiger partial charge in [-0.15, -0.1) is 0 Å². The number of alkyl halides is 3. The molecule has 2 nitrogen and oxygen atoms in total. The van der Waals surface area contributed by atoms with E-state index in [1.54, 1.807) is 0 Å². The first-order valence-electron chi connectivity index (χ1n) is 6.76. The largest absolute Gasteiger partial charge is 0.496 e. The number of hydrogen-bond donors (Lipinski definition) is 0. The molecule has 0 radical (unpaired) electrons. The van der Waals surface area contributed by atoms with Crippen molar-refractivity contribution in [2.24, 2.45) is 0 Å². The summed E-state index contributed by atoms with van der Waals surface area (Å²) in [6, 6.07) is 6.11. The molecule has 1 aromatic carbocycles. The van der Waals surface area contributed by atoms with Gasteiger partial charge in [-0.1, -0.05) is 37.1 Å². The highest BCUT2D eigenvalue weighted by molar-refractivity contribution is 8.01. The van der Waals surface area contributed by atoms with E-state index in [0.29, 0.717) is 12.8 Å². The van der Waals surface area contributed by atoms with Crippen LogP contribution in [0.5, 0.6) is 5.75 Å². The second kappa shape index (κ2) is 6.18. The Labute approximate surface area is 126 Å². The second-order valence-electron chi connectivity index (χ2n) is 5.10. The molecule has 0 aromatic heterocycles. The van der Waals surface area contributed by atoms with Crippen LogP contribution in [0, 0.1) is 11.3 Å². The van der Waals surface area contributed by atoms with E-state index >= 15 is 0 Å². The summed E-state index contributed by atoms with van der Waals surface area (Å²) < 4.78 is 43.9. The van der Waals surface area contributed by atoms with Gasteiger partial charge in [0.25, 0.3) is 0 Å². The maximum Gasteiger partial charge on any atom is 0.417 e. The average Bonchev–Trinajstić information content (AvgIpc) is 2.47. The first kappa shape index (κ1) is 16.0. The third kappa shape index (κ3) is 3.46. The molecular weight excluding hydrogens is 299 g/mol. The summed E-state index contributed by atoms with van der Waals surface area (Å²) in [4.78, 5) is 0.0240. The molecule has 114 valence electrons. The van der Waals surface area contributed by atoms with Crippen LogP contribution in [0.1, 0.15) is 37.7 Å². The van der Waals surface area contributed by atoms with Crippen LogP contribution in [-0.2, 0) is 6.18 Å². The summed E-state index contributed by atoms with van der Waals surface area (Å²) in [6.45, 7) is 0. The maximum absolute atomic E-state index is 13.2. The average molecular weight is 315 g/mol. The molecule has 0 aliphatic heterocycles. The molecule has 0 amide bonds. The number of nitriles is 1. The molecule has 0 unspecified atom stereocenters. The Bertz CT molecular complexity index is 545. The molecule has 1 aromatic rings. The number of ether oxygens (including phenoxy) is 1. The fourth-order valence-electron chi connectivity index (χ4n) is 2.56. The van der Waals surface area contributed by atoms with Gasteiger partial charge in [0.2, 0.25) is 0 Å². The number of rotatable bonds is 3. The van der Waals surface area contributed by atoms with E-state index in [0.717, 1.165) is 37.1 Å². The normalized spacial score (nSPS) is 18.0. The minimum atomic E-state index is -4.46. The Balaban J connectivity index is 2.44. The Morgan fingerprint density at radius 2 is 1.90 bits per heavy atom. The monoisotopic (exact) mass is 315 g/mol. The molecule has 0 bridgehead atoms. The lowest BCUT2D eigenvalue weighted by atomic mass is 9.89. The lowest BCUT2D eigenvalue weighted by Gasteiger charge is -2.31. The Kier molecular flexibility index (Phi) is 4.72. The van der Waals surface area contributed by atoms with Crippen LogP contribution in [0.15, 0.2) is 23.1 Å². The fourth-order valence-corrected chi connectivity index (χ4v) is 4.03. The van der Waals surface area contributed by atoms with E-state index in [-0.39, 0.29) is 10.6 Å². The molecule has 21 heavy (non-hydrogen) atoms. The molecule has 1 aliphatic carbocycles. The lowest BCUT2D eigenvalue weighted by Crippen LogP contribution is -2.26. The van der Waals surface area contributed by atoms with Crippen molar-refractivity contribution in [1.29, 1.82) is 5.26 Å². The van der Waals surface area contributed by atoms with E-state index < -0.39 is 16.5 Å². The minimum Gasteiger partial charge on any atom is -0.496 e. The predicted molar refractivity (Wildman–Crippen MR) is 75.3 cm³/mol. The quantitative estimate of drug-likeness (QED) is 0.784. The van der Waals surface area contributed by atoms with Gasteiger partial charge in [-0.2, -0.15) is 18.4 Å². The third-order valence-electron chi connectivity index (χ3n) is 3.67. The molecular formula is C15H16F3NOS. The summed E-state index contributed by atoms with van der Waals surface area (Å²) in [5.41, 5.74) is -0.730. The van der Waals surface area contributed by atoms with Crippen LogP contribution in [0.2, 0.25) is 0 Å². The van der Waals surface area contributed by atoms with Gasteiger partial charge in [0, 0.05) is 0 Å². The van der Waals surface area contributed by atoms with E-state index in [1.165, 1.54) is 19.2 Å². The first-order valence-corrected chi connectivity index (χ1v) is 7.58. The molecule has 0 N–H and O–H groups in total. The first-order chi connectivity index (χ1) is 9.92. The number of thioether (sulfide) groups is 1. The number of benzene rings is 1. The van der Waals surface area contributed by atoms with E-state index in [4.69, 9.17) is 4.74 Å². The van der Waals surface area contributed by atoms with Crippen LogP contribution in [0.4, 0.5) is 13.2 Å². The highest BCUT2D eigenvalue weighted by Crippen LogP contribution is 2.50. The van der Waals surface area contributed by atoms with Crippen molar-refractivity contribution < 1.29 is 17.9 Å². The topological polar surface area (TPSA) is 33.0 Å². The van der Waals surface area contributed by atoms with Crippen LogP contribution in [-0.4, -0.2) is 11.9 Å². The van der Waals surface area contributed by atoms with Gasteiger partial charge < -0.3 is 4.74 Å². The molecule has 0 atom stereocenters. The Morgan fingerprint density at radius 1 is 1.24 bits per heavy atom. The van der Waals surface area contributed by atoms with Crippen LogP contribution < -0.4 is 4.74 Å². The number of methoxy groups -OCH3 is 1. The van der Waals surface area contributed by atoms with Crippen molar-refractivity contribution in [2.75, 3.05) is 7.11 Å². The standard InChI is InChI=1S/C15H16F3NOS/c1-20-12-7-5-6-11(15(16,17)18)13(12)21-14(10-19)8-3-2-4-9-14/h5-7H,2-4,8-9H2,1H3. The van der Waals surface area contributed by atoms with Crippen molar-refractivity contribution in [2.45, 2.75) is 47.9 Å². The van der Waals surface area contributed by atoms with Crippen molar-refractivity contribution in [3.05, 3.63) is 23.8 Å². The maximum atomic E-state index is 13.2. The van der Waals surface area contributed by atoms with Crippen LogP contribution in [0.3, 0.4) is 0 Å². The zero-order valence-corrected chi connectivity index (χ0v) is 12.5. The molecule has 2 rings (SSSR count). The van der Waals surface area contributed by atoms with Crippen molar-refractivity contribution in [3.8, 4) is 11.8 Å². The molecule has 1 saturated carbocycles. The fraction of sp³-hybridized carbons (Fsp3) is 0.533. The van der Waals surface area contributed by atoms with Crippen LogP contribution >= 0.6 is 11.8 Å². The van der Waals surface area contributed by atoms with Gasteiger partial charge in [-0.25, -0.2) is 0 Å². The summed E-state index contributed by atoms with van der Waals surface area (Å²) in [7, 11) is 1.35. The highest BCUT2D eigenvalue weighted by Gasteiger charge is 2.40. The van der Waals surface area contributed by atoms with E-state index in [9.17, 15) is 18.4 Å². The van der Waals surface area contributed by atoms with Gasteiger partial charge in [-0.05, 0) is 25.0 Å². The van der Waals surface area contributed by atoms with Crippen molar-refractivity contribution in [3.63, 3.8) is 0 Å². The molecule has 6 heteroatoms. The minimum absolute atomic E-state index is 0.0240. The highest BCUT2D eigenvalue weighted by atomic mass is 32.2. The molecule has 0 heterocycles. The number of hydrogen-bond acceptors (Lipinski definition) is 3. The smallest absolute Gasteiger partial charge is 0.417 e. The Morgan fingerprint density at radius 3 is 2.43 bits per heavy atom. The van der Waals surface area contributed by atoms with Gasteiger partial charge in [0.05, 0.1) is 23.6 Å². The molecule has 1 aliphatic rings. The zero-order valence-electron chi connectivity index (χ0n) is 11.7. The molecule has 0 saturated heterocycles. The number of nitrogens with zero attached hydrogens (tertiary/aromatic N) is 1. The summed E-state index contributed by atoms with van der Waals surface area (Å²) in [5, 5.41) is 9.47.